The topological polar surface area (TPSA) is 66.4 Å². The van der Waals surface area contributed by atoms with Crippen LogP contribution in [0.1, 0.15) is 39.0 Å². The Morgan fingerprint density at radius 2 is 2.06 bits per heavy atom. The van der Waals surface area contributed by atoms with Crippen LogP contribution in [0.25, 0.3) is 0 Å². The van der Waals surface area contributed by atoms with Crippen molar-refractivity contribution in [2.75, 3.05) is 19.0 Å². The molecule has 0 rings (SSSR count). The molecule has 2 N–H and O–H groups in total. The van der Waals surface area contributed by atoms with Gasteiger partial charge in [0.1, 0.15) is 0 Å². The minimum atomic E-state index is -0.0304. The van der Waals surface area contributed by atoms with Crippen molar-refractivity contribution in [1.29, 1.82) is 0 Å². The van der Waals surface area contributed by atoms with Gasteiger partial charge in [0.25, 0.3) is 0 Å². The number of aliphatic hydroxyl groups excluding tert-OH is 1. The summed E-state index contributed by atoms with van der Waals surface area (Å²) < 4.78 is 0. The van der Waals surface area contributed by atoms with Crippen LogP contribution in [0.2, 0.25) is 0 Å². The van der Waals surface area contributed by atoms with E-state index in [0.717, 1.165) is 25.7 Å². The van der Waals surface area contributed by atoms with Crippen LogP contribution < -0.4 is 5.32 Å². The van der Waals surface area contributed by atoms with E-state index < -0.39 is 0 Å². The number of unbranched alkanes of at least 4 members (excludes halogenated alkanes) is 1. The Morgan fingerprint density at radius 3 is 2.61 bits per heavy atom. The van der Waals surface area contributed by atoms with E-state index in [1.807, 2.05) is 0 Å². The molecule has 18 heavy (non-hydrogen) atoms. The molecule has 0 radical (unpaired) electrons. The van der Waals surface area contributed by atoms with Gasteiger partial charge in [-0.2, -0.15) is 0 Å². The summed E-state index contributed by atoms with van der Waals surface area (Å²) in [5, 5.41) is 11.5. The lowest BCUT2D eigenvalue weighted by atomic mass is 10.1. The lowest BCUT2D eigenvalue weighted by molar-refractivity contribution is -0.121. The van der Waals surface area contributed by atoms with Crippen molar-refractivity contribution in [1.82, 2.24) is 5.32 Å². The third kappa shape index (κ3) is 10.9. The molecule has 0 saturated heterocycles. The second-order valence-corrected chi connectivity index (χ2v) is 5.88. The standard InChI is InChI=1S/C12H22ClNO3S/c1-10(16)18-11(6-7-13)4-2-3-5-12(17)14-8-9-15/h11,15H,2-9H2,1H3,(H,14,17). The van der Waals surface area contributed by atoms with Crippen molar-refractivity contribution in [3.8, 4) is 0 Å². The van der Waals surface area contributed by atoms with Gasteiger partial charge in [0.05, 0.1) is 6.61 Å². The zero-order valence-corrected chi connectivity index (χ0v) is 12.4. The second kappa shape index (κ2) is 11.8. The highest BCUT2D eigenvalue weighted by molar-refractivity contribution is 8.14. The third-order valence-electron chi connectivity index (χ3n) is 2.38. The zero-order chi connectivity index (χ0) is 13.8. The number of alkyl halides is 1. The molecule has 0 saturated carbocycles. The van der Waals surface area contributed by atoms with E-state index in [0.29, 0.717) is 18.8 Å². The van der Waals surface area contributed by atoms with Crippen molar-refractivity contribution >= 4 is 34.4 Å². The highest BCUT2D eigenvalue weighted by atomic mass is 35.5. The fraction of sp³-hybridized carbons (Fsp3) is 0.833. The summed E-state index contributed by atoms with van der Waals surface area (Å²) in [5.41, 5.74) is 0. The lowest BCUT2D eigenvalue weighted by Crippen LogP contribution is -2.25. The SMILES string of the molecule is CC(=O)SC(CCCl)CCCCC(=O)NCCO. The van der Waals surface area contributed by atoms with E-state index in [1.54, 1.807) is 6.92 Å². The molecule has 0 aromatic heterocycles. The molecule has 1 amide bonds. The van der Waals surface area contributed by atoms with Crippen LogP contribution >= 0.6 is 23.4 Å². The summed E-state index contributed by atoms with van der Waals surface area (Å²) in [5.74, 6) is 0.527. The number of hydrogen-bond acceptors (Lipinski definition) is 4. The summed E-state index contributed by atoms with van der Waals surface area (Å²) in [6, 6.07) is 0. The number of hydrogen-bond donors (Lipinski definition) is 2. The molecule has 1 atom stereocenters. The van der Waals surface area contributed by atoms with Crippen molar-refractivity contribution in [2.24, 2.45) is 0 Å². The highest BCUT2D eigenvalue weighted by Gasteiger charge is 2.11. The van der Waals surface area contributed by atoms with Gasteiger partial charge in [-0.3, -0.25) is 9.59 Å². The maximum Gasteiger partial charge on any atom is 0.220 e. The third-order valence-corrected chi connectivity index (χ3v) is 3.73. The largest absolute Gasteiger partial charge is 0.395 e. The average molecular weight is 296 g/mol. The quantitative estimate of drug-likeness (QED) is 0.477. The summed E-state index contributed by atoms with van der Waals surface area (Å²) in [6.07, 6.45) is 3.91. The summed E-state index contributed by atoms with van der Waals surface area (Å²) >= 11 is 7.03. The lowest BCUT2D eigenvalue weighted by Gasteiger charge is -2.12. The van der Waals surface area contributed by atoms with Gasteiger partial charge < -0.3 is 10.4 Å². The fourth-order valence-electron chi connectivity index (χ4n) is 1.56. The molecule has 6 heteroatoms. The van der Waals surface area contributed by atoms with Gasteiger partial charge in [0, 0.05) is 31.0 Å². The molecule has 0 aromatic carbocycles. The number of thioether (sulfide) groups is 1. The average Bonchev–Trinajstić information content (AvgIpc) is 2.31. The number of amides is 1. The van der Waals surface area contributed by atoms with Crippen LogP contribution in [0.3, 0.4) is 0 Å². The Morgan fingerprint density at radius 1 is 1.33 bits per heavy atom. The van der Waals surface area contributed by atoms with Crippen LogP contribution in [-0.2, 0) is 9.59 Å². The second-order valence-electron chi connectivity index (χ2n) is 4.03. The molecule has 1 unspecified atom stereocenters. The number of rotatable bonds is 10. The van der Waals surface area contributed by atoms with Crippen LogP contribution in [0, 0.1) is 0 Å². The molecule has 0 heterocycles. The first kappa shape index (κ1) is 17.7. The predicted molar refractivity (Wildman–Crippen MR) is 76.0 cm³/mol. The molecule has 0 aliphatic rings. The van der Waals surface area contributed by atoms with Crippen molar-refractivity contribution in [3.63, 3.8) is 0 Å². The maximum atomic E-state index is 11.2. The molecule has 0 aliphatic carbocycles. The monoisotopic (exact) mass is 295 g/mol. The number of carbonyl (C=O) groups is 2. The molecular formula is C12H22ClNO3S. The fourth-order valence-corrected chi connectivity index (χ4v) is 2.94. The molecule has 0 fully saturated rings. The Balaban J connectivity index is 3.65. The van der Waals surface area contributed by atoms with E-state index in [2.05, 4.69) is 5.32 Å². The summed E-state index contributed by atoms with van der Waals surface area (Å²) in [6.45, 7) is 1.85. The van der Waals surface area contributed by atoms with Gasteiger partial charge in [0.2, 0.25) is 5.91 Å². The molecular weight excluding hydrogens is 274 g/mol. The molecule has 0 bridgehead atoms. The van der Waals surface area contributed by atoms with Crippen molar-refractivity contribution < 1.29 is 14.7 Å². The van der Waals surface area contributed by atoms with Crippen LogP contribution in [-0.4, -0.2) is 40.4 Å². The molecule has 0 aromatic rings. The Labute approximate surface area is 118 Å². The van der Waals surface area contributed by atoms with E-state index >= 15 is 0 Å². The molecule has 0 spiro atoms. The van der Waals surface area contributed by atoms with E-state index in [1.165, 1.54) is 11.8 Å². The van der Waals surface area contributed by atoms with Gasteiger partial charge in [-0.15, -0.1) is 11.6 Å². The number of aliphatic hydroxyl groups is 1. The first-order valence-corrected chi connectivity index (χ1v) is 7.62. The van der Waals surface area contributed by atoms with E-state index in [-0.39, 0.29) is 22.9 Å². The van der Waals surface area contributed by atoms with Crippen LogP contribution in [0.4, 0.5) is 0 Å². The minimum Gasteiger partial charge on any atom is -0.395 e. The number of carbonyl (C=O) groups excluding carboxylic acids is 2. The maximum absolute atomic E-state index is 11.2. The van der Waals surface area contributed by atoms with Gasteiger partial charge in [-0.25, -0.2) is 0 Å². The van der Waals surface area contributed by atoms with E-state index in [4.69, 9.17) is 16.7 Å². The van der Waals surface area contributed by atoms with Crippen molar-refractivity contribution in [3.05, 3.63) is 0 Å². The number of nitrogens with one attached hydrogen (secondary N) is 1. The number of halogens is 1. The molecule has 0 aliphatic heterocycles. The smallest absolute Gasteiger partial charge is 0.220 e. The van der Waals surface area contributed by atoms with Crippen molar-refractivity contribution in [2.45, 2.75) is 44.3 Å². The summed E-state index contributed by atoms with van der Waals surface area (Å²) in [7, 11) is 0. The molecule has 4 nitrogen and oxygen atoms in total. The zero-order valence-electron chi connectivity index (χ0n) is 10.8. The first-order chi connectivity index (χ1) is 8.60. The Bertz CT molecular complexity index is 251. The van der Waals surface area contributed by atoms with Crippen LogP contribution in [0.15, 0.2) is 0 Å². The van der Waals surface area contributed by atoms with Gasteiger partial charge >= 0.3 is 0 Å². The van der Waals surface area contributed by atoms with E-state index in [9.17, 15) is 9.59 Å². The van der Waals surface area contributed by atoms with Gasteiger partial charge in [0.15, 0.2) is 5.12 Å². The van der Waals surface area contributed by atoms with Gasteiger partial charge in [-0.05, 0) is 19.3 Å². The Hall–Kier alpha value is -0.260. The highest BCUT2D eigenvalue weighted by Crippen LogP contribution is 2.22. The summed E-state index contributed by atoms with van der Waals surface area (Å²) in [4.78, 5) is 22.3. The Kier molecular flexibility index (Phi) is 11.6. The first-order valence-electron chi connectivity index (χ1n) is 6.21. The normalized spacial score (nSPS) is 12.2. The van der Waals surface area contributed by atoms with Gasteiger partial charge in [-0.1, -0.05) is 18.2 Å². The predicted octanol–water partition coefficient (Wildman–Crippen LogP) is 1.93. The minimum absolute atomic E-state index is 0.0290. The molecule has 106 valence electrons. The van der Waals surface area contributed by atoms with Crippen LogP contribution in [0.5, 0.6) is 0 Å².